The Morgan fingerprint density at radius 1 is 1.06 bits per heavy atom. The number of urea groups is 1. The van der Waals surface area contributed by atoms with Gasteiger partial charge in [-0.2, -0.15) is 0 Å². The average molecular weight is 459 g/mol. The van der Waals surface area contributed by atoms with Crippen LogP contribution in [0.25, 0.3) is 11.3 Å². The van der Waals surface area contributed by atoms with Crippen molar-refractivity contribution in [3.63, 3.8) is 0 Å². The van der Waals surface area contributed by atoms with Gasteiger partial charge in [0, 0.05) is 36.1 Å². The van der Waals surface area contributed by atoms with Crippen LogP contribution in [0.4, 0.5) is 23.7 Å². The van der Waals surface area contributed by atoms with E-state index in [1.54, 1.807) is 24.3 Å². The summed E-state index contributed by atoms with van der Waals surface area (Å²) >= 11 is 0. The number of methoxy groups -OCH3 is 1. The minimum Gasteiger partial charge on any atom is -0.497 e. The van der Waals surface area contributed by atoms with Gasteiger partial charge >= 0.3 is 12.4 Å². The van der Waals surface area contributed by atoms with Gasteiger partial charge in [0.1, 0.15) is 11.5 Å². The lowest BCUT2D eigenvalue weighted by atomic mass is 10.1. The number of alkyl halides is 3. The molecular formula is C24H24F3N3O3. The molecule has 0 bridgehead atoms. The third-order valence-electron chi connectivity index (χ3n) is 4.77. The minimum absolute atomic E-state index is 0.128. The molecule has 0 aliphatic rings. The zero-order valence-electron chi connectivity index (χ0n) is 18.4. The molecule has 1 aromatic heterocycles. The maximum absolute atomic E-state index is 12.9. The first-order valence-electron chi connectivity index (χ1n) is 10.2. The summed E-state index contributed by atoms with van der Waals surface area (Å²) in [6.07, 6.45) is -3.10. The zero-order valence-corrected chi connectivity index (χ0v) is 18.4. The maximum atomic E-state index is 12.9. The van der Waals surface area contributed by atoms with Crippen molar-refractivity contribution in [1.82, 2.24) is 9.88 Å². The number of aromatic nitrogens is 1. The number of benzene rings is 2. The molecule has 0 spiro atoms. The normalized spacial score (nSPS) is 11.2. The highest BCUT2D eigenvalue weighted by atomic mass is 19.4. The number of carbonyl (C=O) groups is 1. The van der Waals surface area contributed by atoms with Crippen molar-refractivity contribution in [3.05, 3.63) is 72.4 Å². The first kappa shape index (κ1) is 23.9. The molecule has 0 radical (unpaired) electrons. The molecule has 0 saturated carbocycles. The fourth-order valence-electron chi connectivity index (χ4n) is 3.15. The monoisotopic (exact) mass is 459 g/mol. The van der Waals surface area contributed by atoms with Crippen molar-refractivity contribution in [2.45, 2.75) is 32.8 Å². The van der Waals surface area contributed by atoms with Crippen molar-refractivity contribution in [2.24, 2.45) is 0 Å². The number of anilines is 1. The molecule has 0 fully saturated rings. The number of ether oxygens (including phenoxy) is 2. The Kier molecular flexibility index (Phi) is 7.42. The molecule has 0 unspecified atom stereocenters. The average Bonchev–Trinajstić information content (AvgIpc) is 2.78. The van der Waals surface area contributed by atoms with Crippen LogP contribution in [0.2, 0.25) is 0 Å². The Balaban J connectivity index is 1.72. The highest BCUT2D eigenvalue weighted by molar-refractivity contribution is 5.89. The van der Waals surface area contributed by atoms with Gasteiger partial charge in [-0.15, -0.1) is 13.2 Å². The lowest BCUT2D eigenvalue weighted by Crippen LogP contribution is -2.39. The van der Waals surface area contributed by atoms with Gasteiger partial charge in [-0.3, -0.25) is 4.98 Å². The third kappa shape index (κ3) is 6.86. The Hall–Kier alpha value is -3.75. The van der Waals surface area contributed by atoms with Crippen molar-refractivity contribution >= 4 is 11.7 Å². The van der Waals surface area contributed by atoms with E-state index >= 15 is 0 Å². The van der Waals surface area contributed by atoms with E-state index < -0.39 is 6.36 Å². The largest absolute Gasteiger partial charge is 0.573 e. The molecule has 9 heteroatoms. The number of nitrogens with zero attached hydrogens (tertiary/aromatic N) is 2. The Labute approximate surface area is 190 Å². The molecule has 3 aromatic rings. The van der Waals surface area contributed by atoms with Crippen LogP contribution in [-0.4, -0.2) is 35.4 Å². The van der Waals surface area contributed by atoms with Gasteiger partial charge in [-0.25, -0.2) is 4.79 Å². The van der Waals surface area contributed by atoms with Crippen LogP contribution in [0.1, 0.15) is 19.4 Å². The number of rotatable bonds is 7. The van der Waals surface area contributed by atoms with E-state index in [-0.39, 0.29) is 17.8 Å². The summed E-state index contributed by atoms with van der Waals surface area (Å²) < 4.78 is 46.1. The van der Waals surface area contributed by atoms with Crippen LogP contribution in [0.5, 0.6) is 11.5 Å². The minimum atomic E-state index is -4.77. The Morgan fingerprint density at radius 2 is 1.79 bits per heavy atom. The number of carbonyl (C=O) groups excluding carboxylic acids is 1. The molecule has 1 N–H and O–H groups in total. The van der Waals surface area contributed by atoms with Gasteiger partial charge in [-0.1, -0.05) is 18.2 Å². The van der Waals surface area contributed by atoms with E-state index in [2.05, 4.69) is 15.0 Å². The van der Waals surface area contributed by atoms with Crippen LogP contribution >= 0.6 is 0 Å². The molecule has 33 heavy (non-hydrogen) atoms. The number of pyridine rings is 1. The second kappa shape index (κ2) is 10.2. The first-order chi connectivity index (χ1) is 15.6. The first-order valence-corrected chi connectivity index (χ1v) is 10.2. The number of hydrogen-bond donors (Lipinski definition) is 1. The second-order valence-electron chi connectivity index (χ2n) is 7.51. The van der Waals surface area contributed by atoms with Gasteiger partial charge in [-0.05, 0) is 55.8 Å². The number of amides is 2. The second-order valence-corrected chi connectivity index (χ2v) is 7.51. The molecule has 0 saturated heterocycles. The maximum Gasteiger partial charge on any atom is 0.573 e. The fraction of sp³-hybridized carbons (Fsp3) is 0.250. The summed E-state index contributed by atoms with van der Waals surface area (Å²) in [5, 5.41) is 2.72. The summed E-state index contributed by atoms with van der Waals surface area (Å²) in [5.41, 5.74) is 2.89. The molecular weight excluding hydrogens is 435 g/mol. The van der Waals surface area contributed by atoms with E-state index in [0.29, 0.717) is 18.0 Å². The highest BCUT2D eigenvalue weighted by Gasteiger charge is 2.31. The highest BCUT2D eigenvalue weighted by Crippen LogP contribution is 2.25. The lowest BCUT2D eigenvalue weighted by molar-refractivity contribution is -0.274. The predicted molar refractivity (Wildman–Crippen MR) is 119 cm³/mol. The van der Waals surface area contributed by atoms with Crippen LogP contribution < -0.4 is 14.8 Å². The Bertz CT molecular complexity index is 1090. The van der Waals surface area contributed by atoms with E-state index in [0.717, 1.165) is 29.0 Å². The summed E-state index contributed by atoms with van der Waals surface area (Å²) in [6, 6.07) is 15.8. The standard InChI is InChI=1S/C24H24F3N3O3/c1-16(2)30(23(31)29-19-7-9-20(10-8-19)33-24(25,26)27)15-17-5-4-6-18(13-17)22-14-21(32-3)11-12-28-22/h4-14,16H,15H2,1-3H3,(H,29,31). The van der Waals surface area contributed by atoms with Gasteiger partial charge in [0.05, 0.1) is 12.8 Å². The molecule has 0 aliphatic heterocycles. The van der Waals surface area contributed by atoms with E-state index in [1.807, 2.05) is 44.2 Å². The fourth-order valence-corrected chi connectivity index (χ4v) is 3.15. The summed E-state index contributed by atoms with van der Waals surface area (Å²) in [4.78, 5) is 18.9. The summed E-state index contributed by atoms with van der Waals surface area (Å²) in [5.74, 6) is 0.337. The topological polar surface area (TPSA) is 63.7 Å². The smallest absolute Gasteiger partial charge is 0.497 e. The third-order valence-corrected chi connectivity index (χ3v) is 4.77. The van der Waals surface area contributed by atoms with Gasteiger partial charge in [0.25, 0.3) is 0 Å². The van der Waals surface area contributed by atoms with E-state index in [1.165, 1.54) is 12.1 Å². The van der Waals surface area contributed by atoms with Crippen molar-refractivity contribution < 1.29 is 27.4 Å². The number of halogens is 3. The molecule has 3 rings (SSSR count). The van der Waals surface area contributed by atoms with Crippen LogP contribution in [0.3, 0.4) is 0 Å². The summed E-state index contributed by atoms with van der Waals surface area (Å²) in [7, 11) is 1.59. The molecule has 2 amide bonds. The van der Waals surface area contributed by atoms with Crippen molar-refractivity contribution in [1.29, 1.82) is 0 Å². The quantitative estimate of drug-likeness (QED) is 0.464. The molecule has 174 valence electrons. The van der Waals surface area contributed by atoms with E-state index in [4.69, 9.17) is 4.74 Å². The van der Waals surface area contributed by atoms with Gasteiger partial charge < -0.3 is 19.7 Å². The van der Waals surface area contributed by atoms with E-state index in [9.17, 15) is 18.0 Å². The number of hydrogen-bond acceptors (Lipinski definition) is 4. The molecule has 2 aromatic carbocycles. The zero-order chi connectivity index (χ0) is 24.0. The van der Waals surface area contributed by atoms with Crippen LogP contribution in [-0.2, 0) is 6.54 Å². The lowest BCUT2D eigenvalue weighted by Gasteiger charge is -2.27. The Morgan fingerprint density at radius 3 is 2.42 bits per heavy atom. The number of nitrogens with one attached hydrogen (secondary N) is 1. The SMILES string of the molecule is COc1ccnc(-c2cccc(CN(C(=O)Nc3ccc(OC(F)(F)F)cc3)C(C)C)c2)c1. The molecule has 1 heterocycles. The molecule has 0 atom stereocenters. The van der Waals surface area contributed by atoms with Crippen molar-refractivity contribution in [3.8, 4) is 22.8 Å². The van der Waals surface area contributed by atoms with Gasteiger partial charge in [0.2, 0.25) is 0 Å². The predicted octanol–water partition coefficient (Wildman–Crippen LogP) is 6.10. The van der Waals surface area contributed by atoms with Crippen LogP contribution in [0, 0.1) is 0 Å². The van der Waals surface area contributed by atoms with Crippen LogP contribution in [0.15, 0.2) is 66.9 Å². The molecule has 0 aliphatic carbocycles. The van der Waals surface area contributed by atoms with Crippen molar-refractivity contribution in [2.75, 3.05) is 12.4 Å². The molecule has 6 nitrogen and oxygen atoms in total. The van der Waals surface area contributed by atoms with Gasteiger partial charge in [0.15, 0.2) is 0 Å². The summed E-state index contributed by atoms with van der Waals surface area (Å²) in [6.45, 7) is 4.09.